The summed E-state index contributed by atoms with van der Waals surface area (Å²) >= 11 is 0. The number of ether oxygens (including phenoxy) is 2. The fourth-order valence-electron chi connectivity index (χ4n) is 1.90. The molecule has 2 aromatic rings. The van der Waals surface area contributed by atoms with Crippen molar-refractivity contribution in [2.75, 3.05) is 32.2 Å². The van der Waals surface area contributed by atoms with Crippen molar-refractivity contribution < 1.29 is 18.7 Å². The first-order chi connectivity index (χ1) is 9.69. The van der Waals surface area contributed by atoms with E-state index in [2.05, 4.69) is 15.3 Å². The van der Waals surface area contributed by atoms with Crippen molar-refractivity contribution in [2.24, 2.45) is 0 Å². The van der Waals surface area contributed by atoms with Gasteiger partial charge in [0, 0.05) is 13.7 Å². The van der Waals surface area contributed by atoms with E-state index >= 15 is 0 Å². The molecule has 0 fully saturated rings. The number of aromatic nitrogens is 2. The Morgan fingerprint density at radius 1 is 1.45 bits per heavy atom. The Kier molecular flexibility index (Phi) is 4.52. The molecule has 0 radical (unpaired) electrons. The Morgan fingerprint density at radius 2 is 2.25 bits per heavy atom. The first-order valence-electron chi connectivity index (χ1n) is 6.33. The Labute approximate surface area is 116 Å². The van der Waals surface area contributed by atoms with Crippen LogP contribution in [0.4, 0.5) is 5.82 Å². The van der Waals surface area contributed by atoms with E-state index in [0.29, 0.717) is 48.0 Å². The summed E-state index contributed by atoms with van der Waals surface area (Å²) in [6.07, 6.45) is 1.38. The number of methoxy groups -OCH3 is 1. The molecule has 0 amide bonds. The zero-order valence-corrected chi connectivity index (χ0v) is 11.7. The van der Waals surface area contributed by atoms with Crippen LogP contribution in [0.1, 0.15) is 23.0 Å². The average Bonchev–Trinajstić information content (AvgIpc) is 2.76. The third kappa shape index (κ3) is 2.72. The predicted octanol–water partition coefficient (Wildman–Crippen LogP) is 1.77. The second-order valence-corrected chi connectivity index (χ2v) is 4.08. The highest BCUT2D eigenvalue weighted by molar-refractivity contribution is 6.07. The number of carbonyl (C=O) groups excluding carboxylic acids is 1. The normalized spacial score (nSPS) is 10.8. The number of anilines is 1. The molecule has 20 heavy (non-hydrogen) atoms. The summed E-state index contributed by atoms with van der Waals surface area (Å²) in [5.41, 5.74) is 0.725. The second kappa shape index (κ2) is 6.33. The number of nitrogens with one attached hydrogen (secondary N) is 1. The molecule has 0 spiro atoms. The molecule has 2 aromatic heterocycles. The first kappa shape index (κ1) is 14.3. The molecule has 0 saturated heterocycles. The van der Waals surface area contributed by atoms with Gasteiger partial charge < -0.3 is 19.2 Å². The summed E-state index contributed by atoms with van der Waals surface area (Å²) in [5.74, 6) is 0.564. The van der Waals surface area contributed by atoms with Gasteiger partial charge >= 0.3 is 5.97 Å². The average molecular weight is 279 g/mol. The van der Waals surface area contributed by atoms with Crippen LogP contribution in [0.5, 0.6) is 0 Å². The van der Waals surface area contributed by atoms with Crippen molar-refractivity contribution in [1.29, 1.82) is 0 Å². The van der Waals surface area contributed by atoms with Crippen LogP contribution in [0.3, 0.4) is 0 Å². The van der Waals surface area contributed by atoms with Crippen LogP contribution in [0, 0.1) is 6.92 Å². The van der Waals surface area contributed by atoms with Gasteiger partial charge in [-0.25, -0.2) is 14.8 Å². The lowest BCUT2D eigenvalue weighted by Gasteiger charge is -2.06. The molecule has 108 valence electrons. The zero-order chi connectivity index (χ0) is 14.5. The number of esters is 1. The Bertz CT molecular complexity index is 609. The Hall–Kier alpha value is -2.15. The third-order valence-corrected chi connectivity index (χ3v) is 2.74. The summed E-state index contributed by atoms with van der Waals surface area (Å²) in [5, 5.41) is 3.64. The highest BCUT2D eigenvalue weighted by Gasteiger charge is 2.23. The number of furan rings is 1. The molecule has 2 heterocycles. The predicted molar refractivity (Wildman–Crippen MR) is 72.9 cm³/mol. The quantitative estimate of drug-likeness (QED) is 0.637. The molecule has 1 N–H and O–H groups in total. The van der Waals surface area contributed by atoms with Gasteiger partial charge in [-0.05, 0) is 13.8 Å². The van der Waals surface area contributed by atoms with Crippen LogP contribution >= 0.6 is 0 Å². The molecular weight excluding hydrogens is 262 g/mol. The van der Waals surface area contributed by atoms with Gasteiger partial charge in [0.1, 0.15) is 23.5 Å². The van der Waals surface area contributed by atoms with Crippen LogP contribution in [0.15, 0.2) is 10.7 Å². The first-order valence-corrected chi connectivity index (χ1v) is 6.33. The Morgan fingerprint density at radius 3 is 2.95 bits per heavy atom. The number of rotatable bonds is 6. The zero-order valence-electron chi connectivity index (χ0n) is 11.7. The highest BCUT2D eigenvalue weighted by atomic mass is 16.5. The lowest BCUT2D eigenvalue weighted by molar-refractivity contribution is 0.0526. The molecule has 2 rings (SSSR count). The summed E-state index contributed by atoms with van der Waals surface area (Å²) in [7, 11) is 1.61. The lowest BCUT2D eigenvalue weighted by atomic mass is 10.2. The molecule has 7 heteroatoms. The largest absolute Gasteiger partial charge is 0.462 e. The van der Waals surface area contributed by atoms with Gasteiger partial charge in [-0.3, -0.25) is 0 Å². The molecule has 7 nitrogen and oxygen atoms in total. The topological polar surface area (TPSA) is 86.5 Å². The molecule has 0 aromatic carbocycles. The minimum Gasteiger partial charge on any atom is -0.462 e. The molecule has 0 saturated carbocycles. The number of carbonyl (C=O) groups is 1. The van der Waals surface area contributed by atoms with Crippen LogP contribution in [0.2, 0.25) is 0 Å². The molecule has 0 aliphatic heterocycles. The summed E-state index contributed by atoms with van der Waals surface area (Å²) in [4.78, 5) is 20.2. The van der Waals surface area contributed by atoms with E-state index in [9.17, 15) is 4.79 Å². The van der Waals surface area contributed by atoms with E-state index in [-0.39, 0.29) is 0 Å². The number of hydrogen-bond donors (Lipinski definition) is 1. The maximum absolute atomic E-state index is 12.0. The van der Waals surface area contributed by atoms with E-state index < -0.39 is 5.97 Å². The van der Waals surface area contributed by atoms with E-state index in [1.807, 2.05) is 0 Å². The number of aryl methyl sites for hydroxylation is 1. The van der Waals surface area contributed by atoms with Gasteiger partial charge in [-0.15, -0.1) is 0 Å². The van der Waals surface area contributed by atoms with Crippen LogP contribution in [-0.2, 0) is 9.47 Å². The highest BCUT2D eigenvalue weighted by Crippen LogP contribution is 2.29. The number of hydrogen-bond acceptors (Lipinski definition) is 7. The summed E-state index contributed by atoms with van der Waals surface area (Å²) in [6, 6.07) is 0. The molecule has 0 aliphatic rings. The van der Waals surface area contributed by atoms with E-state index in [1.54, 1.807) is 21.0 Å². The summed E-state index contributed by atoms with van der Waals surface area (Å²) in [6.45, 7) is 4.84. The van der Waals surface area contributed by atoms with Crippen LogP contribution in [-0.4, -0.2) is 42.8 Å². The SMILES string of the molecule is CCOC(=O)c1c(C)oc2ncnc(NCCOC)c12. The second-order valence-electron chi connectivity index (χ2n) is 4.08. The smallest absolute Gasteiger partial charge is 0.342 e. The van der Waals surface area contributed by atoms with Crippen molar-refractivity contribution in [3.8, 4) is 0 Å². The van der Waals surface area contributed by atoms with Gasteiger partial charge in [0.2, 0.25) is 5.71 Å². The van der Waals surface area contributed by atoms with Crippen molar-refractivity contribution in [2.45, 2.75) is 13.8 Å². The standard InChI is InChI=1S/C13H17N3O4/c1-4-19-13(17)9-8(2)20-12-10(9)11(15-7-16-12)14-5-6-18-3/h7H,4-6H2,1-3H3,(H,14,15,16). The lowest BCUT2D eigenvalue weighted by Crippen LogP contribution is -2.11. The molecule has 0 aliphatic carbocycles. The van der Waals surface area contributed by atoms with Gasteiger partial charge in [-0.2, -0.15) is 0 Å². The van der Waals surface area contributed by atoms with Gasteiger partial charge in [0.25, 0.3) is 0 Å². The maximum atomic E-state index is 12.0. The van der Waals surface area contributed by atoms with E-state index in [1.165, 1.54) is 6.33 Å². The van der Waals surface area contributed by atoms with Crippen molar-refractivity contribution >= 4 is 22.9 Å². The van der Waals surface area contributed by atoms with Crippen LogP contribution in [0.25, 0.3) is 11.1 Å². The minimum atomic E-state index is -0.437. The molecule has 0 bridgehead atoms. The monoisotopic (exact) mass is 279 g/mol. The molecular formula is C13H17N3O4. The fourth-order valence-corrected chi connectivity index (χ4v) is 1.90. The van der Waals surface area contributed by atoms with Crippen molar-refractivity contribution in [3.63, 3.8) is 0 Å². The van der Waals surface area contributed by atoms with Gasteiger partial charge in [0.15, 0.2) is 0 Å². The maximum Gasteiger partial charge on any atom is 0.342 e. The molecule has 0 atom stereocenters. The minimum absolute atomic E-state index is 0.297. The third-order valence-electron chi connectivity index (χ3n) is 2.74. The van der Waals surface area contributed by atoms with Crippen LogP contribution < -0.4 is 5.32 Å². The van der Waals surface area contributed by atoms with Crippen molar-refractivity contribution in [1.82, 2.24) is 9.97 Å². The van der Waals surface area contributed by atoms with Gasteiger partial charge in [0.05, 0.1) is 18.6 Å². The summed E-state index contributed by atoms with van der Waals surface area (Å²) < 4.78 is 15.5. The number of nitrogens with zero attached hydrogens (tertiary/aromatic N) is 2. The molecule has 0 unspecified atom stereocenters. The van der Waals surface area contributed by atoms with Crippen molar-refractivity contribution in [3.05, 3.63) is 17.7 Å². The Balaban J connectivity index is 2.45. The van der Waals surface area contributed by atoms with Gasteiger partial charge in [-0.1, -0.05) is 0 Å². The van der Waals surface area contributed by atoms with E-state index in [0.717, 1.165) is 0 Å². The fraction of sp³-hybridized carbons (Fsp3) is 0.462. The number of fused-ring (bicyclic) bond motifs is 1. The van der Waals surface area contributed by atoms with E-state index in [4.69, 9.17) is 13.9 Å².